The van der Waals surface area contributed by atoms with E-state index in [1.54, 1.807) is 0 Å². The van der Waals surface area contributed by atoms with Gasteiger partial charge in [0.05, 0.1) is 6.61 Å². The van der Waals surface area contributed by atoms with Crippen LogP contribution >= 0.6 is 0 Å². The number of hydrogen-bond donors (Lipinski definition) is 1. The van der Waals surface area contributed by atoms with Crippen LogP contribution in [0.5, 0.6) is 5.75 Å². The minimum atomic E-state index is 0.550. The number of hydrogen-bond acceptors (Lipinski definition) is 3. The first-order valence-corrected chi connectivity index (χ1v) is 7.93. The largest absolute Gasteiger partial charge is 0.493 e. The summed E-state index contributed by atoms with van der Waals surface area (Å²) in [6.07, 6.45) is 3.47. The first-order valence-electron chi connectivity index (χ1n) is 7.93. The van der Waals surface area contributed by atoms with Crippen LogP contribution in [0, 0.1) is 5.92 Å². The second-order valence-electron chi connectivity index (χ2n) is 5.81. The van der Waals surface area contributed by atoms with Crippen LogP contribution in [0.15, 0.2) is 24.3 Å². The maximum Gasteiger partial charge on any atom is 0.122 e. The molecule has 20 heavy (non-hydrogen) atoms. The Bertz CT molecular complexity index is 429. The zero-order chi connectivity index (χ0) is 13.8. The van der Waals surface area contributed by atoms with Gasteiger partial charge in [-0.1, -0.05) is 25.1 Å². The molecule has 2 unspecified atom stereocenters. The summed E-state index contributed by atoms with van der Waals surface area (Å²) in [5.41, 5.74) is 1.39. The molecule has 2 aliphatic heterocycles. The number of ether oxygens (including phenoxy) is 2. The highest BCUT2D eigenvalue weighted by Crippen LogP contribution is 2.39. The predicted octanol–water partition coefficient (Wildman–Crippen LogP) is 2.96. The zero-order valence-corrected chi connectivity index (χ0v) is 12.3. The van der Waals surface area contributed by atoms with Crippen LogP contribution in [-0.4, -0.2) is 32.4 Å². The summed E-state index contributed by atoms with van der Waals surface area (Å²) in [4.78, 5) is 0. The molecule has 2 atom stereocenters. The van der Waals surface area contributed by atoms with E-state index in [1.165, 1.54) is 18.4 Å². The lowest BCUT2D eigenvalue weighted by Gasteiger charge is -2.39. The lowest BCUT2D eigenvalue weighted by molar-refractivity contribution is 0.0474. The molecule has 0 saturated carbocycles. The Morgan fingerprint density at radius 3 is 2.75 bits per heavy atom. The highest BCUT2D eigenvalue weighted by molar-refractivity contribution is 5.38. The van der Waals surface area contributed by atoms with Crippen LogP contribution in [0.25, 0.3) is 0 Å². The monoisotopic (exact) mass is 275 g/mol. The third-order valence-electron chi connectivity index (χ3n) is 4.65. The van der Waals surface area contributed by atoms with Gasteiger partial charge in [0.15, 0.2) is 0 Å². The fraction of sp³-hybridized carbons (Fsp3) is 0.647. The highest BCUT2D eigenvalue weighted by Gasteiger charge is 2.34. The highest BCUT2D eigenvalue weighted by atomic mass is 16.5. The van der Waals surface area contributed by atoms with E-state index >= 15 is 0 Å². The van der Waals surface area contributed by atoms with Crippen molar-refractivity contribution in [2.45, 2.75) is 38.1 Å². The summed E-state index contributed by atoms with van der Waals surface area (Å²) in [5.74, 6) is 2.38. The van der Waals surface area contributed by atoms with Crippen molar-refractivity contribution in [2.75, 3.05) is 26.4 Å². The van der Waals surface area contributed by atoms with Gasteiger partial charge in [0.2, 0.25) is 0 Å². The maximum absolute atomic E-state index is 5.82. The molecule has 0 spiro atoms. The summed E-state index contributed by atoms with van der Waals surface area (Å²) < 4.78 is 11.3. The number of benzene rings is 1. The zero-order valence-electron chi connectivity index (χ0n) is 12.3. The van der Waals surface area contributed by atoms with Crippen molar-refractivity contribution in [1.82, 2.24) is 5.32 Å². The van der Waals surface area contributed by atoms with E-state index in [0.29, 0.717) is 12.0 Å². The quantitative estimate of drug-likeness (QED) is 0.916. The minimum Gasteiger partial charge on any atom is -0.493 e. The van der Waals surface area contributed by atoms with Crippen molar-refractivity contribution in [3.63, 3.8) is 0 Å². The molecule has 3 nitrogen and oxygen atoms in total. The SMILES string of the molecule is CCNC(C1CCOCC1)C1CCOc2ccccc21. The average Bonchev–Trinajstić information content (AvgIpc) is 2.53. The number of nitrogens with one attached hydrogen (secondary N) is 1. The maximum atomic E-state index is 5.82. The molecule has 0 aliphatic carbocycles. The molecule has 1 fully saturated rings. The molecule has 110 valence electrons. The van der Waals surface area contributed by atoms with Gasteiger partial charge >= 0.3 is 0 Å². The van der Waals surface area contributed by atoms with E-state index in [1.807, 2.05) is 0 Å². The molecule has 1 aromatic rings. The van der Waals surface area contributed by atoms with Gasteiger partial charge in [-0.25, -0.2) is 0 Å². The molecule has 3 rings (SSSR count). The van der Waals surface area contributed by atoms with Crippen molar-refractivity contribution in [2.24, 2.45) is 5.92 Å². The topological polar surface area (TPSA) is 30.5 Å². The van der Waals surface area contributed by atoms with Gasteiger partial charge in [-0.3, -0.25) is 0 Å². The molecule has 3 heteroatoms. The van der Waals surface area contributed by atoms with Gasteiger partial charge in [-0.05, 0) is 43.4 Å². The Balaban J connectivity index is 1.84. The van der Waals surface area contributed by atoms with Crippen molar-refractivity contribution in [3.8, 4) is 5.75 Å². The normalized spacial score (nSPS) is 24.8. The lowest BCUT2D eigenvalue weighted by atomic mass is 9.77. The fourth-order valence-corrected chi connectivity index (χ4v) is 3.69. The van der Waals surface area contributed by atoms with Gasteiger partial charge in [0.1, 0.15) is 5.75 Å². The average molecular weight is 275 g/mol. The molecule has 1 N–H and O–H groups in total. The van der Waals surface area contributed by atoms with Crippen LogP contribution in [0.2, 0.25) is 0 Å². The van der Waals surface area contributed by atoms with Crippen LogP contribution in [0.3, 0.4) is 0 Å². The van der Waals surface area contributed by atoms with E-state index in [9.17, 15) is 0 Å². The van der Waals surface area contributed by atoms with Gasteiger partial charge in [-0.15, -0.1) is 0 Å². The Morgan fingerprint density at radius 2 is 1.95 bits per heavy atom. The molecular formula is C17H25NO2. The van der Waals surface area contributed by atoms with Crippen LogP contribution in [-0.2, 0) is 4.74 Å². The summed E-state index contributed by atoms with van der Waals surface area (Å²) >= 11 is 0. The van der Waals surface area contributed by atoms with Crippen LogP contribution in [0.4, 0.5) is 0 Å². The Kier molecular flexibility index (Phi) is 4.58. The molecule has 0 bridgehead atoms. The van der Waals surface area contributed by atoms with Crippen molar-refractivity contribution < 1.29 is 9.47 Å². The van der Waals surface area contributed by atoms with Gasteiger partial charge < -0.3 is 14.8 Å². The molecule has 0 aromatic heterocycles. The Morgan fingerprint density at radius 1 is 1.15 bits per heavy atom. The van der Waals surface area contributed by atoms with Gasteiger partial charge in [-0.2, -0.15) is 0 Å². The van der Waals surface area contributed by atoms with E-state index in [-0.39, 0.29) is 0 Å². The van der Waals surface area contributed by atoms with Gasteiger partial charge in [0.25, 0.3) is 0 Å². The molecule has 1 saturated heterocycles. The van der Waals surface area contributed by atoms with E-state index in [4.69, 9.17) is 9.47 Å². The number of fused-ring (bicyclic) bond motifs is 1. The minimum absolute atomic E-state index is 0.550. The summed E-state index contributed by atoms with van der Waals surface area (Å²) in [6.45, 7) is 5.90. The first kappa shape index (κ1) is 13.9. The predicted molar refractivity (Wildman–Crippen MR) is 80.3 cm³/mol. The Labute approximate surface area is 121 Å². The van der Waals surface area contributed by atoms with Crippen LogP contribution in [0.1, 0.15) is 37.7 Å². The van der Waals surface area contributed by atoms with Gasteiger partial charge in [0, 0.05) is 25.2 Å². The van der Waals surface area contributed by atoms with Crippen molar-refractivity contribution in [3.05, 3.63) is 29.8 Å². The number of likely N-dealkylation sites (N-methyl/N-ethyl adjacent to an activating group) is 1. The molecule has 2 aliphatic rings. The number of rotatable bonds is 4. The Hall–Kier alpha value is -1.06. The summed E-state index contributed by atoms with van der Waals surface area (Å²) in [6, 6.07) is 9.09. The van der Waals surface area contributed by atoms with E-state index < -0.39 is 0 Å². The second-order valence-corrected chi connectivity index (χ2v) is 5.81. The fourth-order valence-electron chi connectivity index (χ4n) is 3.69. The summed E-state index contributed by atoms with van der Waals surface area (Å²) in [5, 5.41) is 3.75. The van der Waals surface area contributed by atoms with Crippen molar-refractivity contribution in [1.29, 1.82) is 0 Å². The smallest absolute Gasteiger partial charge is 0.122 e. The standard InChI is InChI=1S/C17H25NO2/c1-2-18-17(13-7-10-19-11-8-13)15-9-12-20-16-6-4-3-5-14(15)16/h3-6,13,15,17-18H,2,7-12H2,1H3. The van der Waals surface area contributed by atoms with E-state index in [2.05, 4.69) is 36.5 Å². The molecule has 2 heterocycles. The molecule has 0 amide bonds. The third-order valence-corrected chi connectivity index (χ3v) is 4.65. The summed E-state index contributed by atoms with van der Waals surface area (Å²) in [7, 11) is 0. The van der Waals surface area contributed by atoms with Crippen molar-refractivity contribution >= 4 is 0 Å². The molecular weight excluding hydrogens is 250 g/mol. The second kappa shape index (κ2) is 6.59. The lowest BCUT2D eigenvalue weighted by Crippen LogP contribution is -2.44. The first-order chi connectivity index (χ1) is 9.90. The number of para-hydroxylation sites is 1. The third kappa shape index (κ3) is 2.84. The molecule has 1 aromatic carbocycles. The molecule has 0 radical (unpaired) electrons. The van der Waals surface area contributed by atoms with E-state index in [0.717, 1.165) is 44.5 Å². The van der Waals surface area contributed by atoms with Crippen LogP contribution < -0.4 is 10.1 Å².